The standard InChI is InChI=1S/C16H17ClN2O2/c1-2-18-16(21)11-5-3-7-13(9-11)19-10-12-6-4-8-14(17)15(12)20/h3-9,19-20H,2,10H2,1H3,(H,18,21). The fourth-order valence-corrected chi connectivity index (χ4v) is 2.13. The van der Waals surface area contributed by atoms with Crippen LogP contribution in [-0.2, 0) is 6.54 Å². The van der Waals surface area contributed by atoms with Gasteiger partial charge < -0.3 is 15.7 Å². The molecule has 2 rings (SSSR count). The van der Waals surface area contributed by atoms with Gasteiger partial charge in [-0.05, 0) is 31.2 Å². The summed E-state index contributed by atoms with van der Waals surface area (Å²) < 4.78 is 0. The molecule has 0 fully saturated rings. The number of phenolic OH excluding ortho intramolecular Hbond substituents is 1. The Morgan fingerprint density at radius 2 is 2.00 bits per heavy atom. The first-order valence-electron chi connectivity index (χ1n) is 6.70. The van der Waals surface area contributed by atoms with Crippen molar-refractivity contribution in [1.82, 2.24) is 5.32 Å². The van der Waals surface area contributed by atoms with E-state index in [2.05, 4.69) is 10.6 Å². The highest BCUT2D eigenvalue weighted by Gasteiger charge is 2.07. The third-order valence-electron chi connectivity index (χ3n) is 3.02. The van der Waals surface area contributed by atoms with Gasteiger partial charge in [0.15, 0.2) is 0 Å². The Balaban J connectivity index is 2.08. The lowest BCUT2D eigenvalue weighted by Crippen LogP contribution is -2.22. The van der Waals surface area contributed by atoms with Crippen LogP contribution < -0.4 is 10.6 Å². The summed E-state index contributed by atoms with van der Waals surface area (Å²) in [4.78, 5) is 11.8. The number of benzene rings is 2. The zero-order valence-corrected chi connectivity index (χ0v) is 12.4. The van der Waals surface area contributed by atoms with Gasteiger partial charge in [0, 0.05) is 29.9 Å². The van der Waals surface area contributed by atoms with Crippen LogP contribution in [0.1, 0.15) is 22.8 Å². The Morgan fingerprint density at radius 3 is 2.76 bits per heavy atom. The van der Waals surface area contributed by atoms with Crippen molar-refractivity contribution in [3.8, 4) is 5.75 Å². The highest BCUT2D eigenvalue weighted by atomic mass is 35.5. The van der Waals surface area contributed by atoms with E-state index in [1.165, 1.54) is 0 Å². The van der Waals surface area contributed by atoms with E-state index in [-0.39, 0.29) is 11.7 Å². The summed E-state index contributed by atoms with van der Waals surface area (Å²) in [7, 11) is 0. The van der Waals surface area contributed by atoms with Crippen molar-refractivity contribution in [3.05, 3.63) is 58.6 Å². The number of aromatic hydroxyl groups is 1. The predicted octanol–water partition coefficient (Wildman–Crippen LogP) is 3.41. The number of rotatable bonds is 5. The summed E-state index contributed by atoms with van der Waals surface area (Å²) in [5.74, 6) is -0.0294. The molecule has 4 nitrogen and oxygen atoms in total. The third-order valence-corrected chi connectivity index (χ3v) is 3.32. The first-order valence-corrected chi connectivity index (χ1v) is 7.08. The number of amides is 1. The molecule has 5 heteroatoms. The van der Waals surface area contributed by atoms with E-state index >= 15 is 0 Å². The largest absolute Gasteiger partial charge is 0.506 e. The van der Waals surface area contributed by atoms with E-state index in [9.17, 15) is 9.90 Å². The average molecular weight is 305 g/mol. The van der Waals surface area contributed by atoms with Gasteiger partial charge in [-0.1, -0.05) is 29.8 Å². The molecule has 2 aromatic rings. The molecule has 0 atom stereocenters. The van der Waals surface area contributed by atoms with Crippen LogP contribution in [0.3, 0.4) is 0 Å². The monoisotopic (exact) mass is 304 g/mol. The molecule has 0 saturated heterocycles. The molecule has 110 valence electrons. The van der Waals surface area contributed by atoms with E-state index in [1.807, 2.05) is 19.1 Å². The molecule has 0 spiro atoms. The number of carbonyl (C=O) groups excluding carboxylic acids is 1. The molecule has 0 heterocycles. The van der Waals surface area contributed by atoms with Crippen LogP contribution in [0.4, 0.5) is 5.69 Å². The number of nitrogens with one attached hydrogen (secondary N) is 2. The molecule has 0 radical (unpaired) electrons. The Hall–Kier alpha value is -2.20. The lowest BCUT2D eigenvalue weighted by atomic mass is 10.1. The predicted molar refractivity (Wildman–Crippen MR) is 84.9 cm³/mol. The Morgan fingerprint density at radius 1 is 1.24 bits per heavy atom. The van der Waals surface area contributed by atoms with Crippen LogP contribution in [0.2, 0.25) is 5.02 Å². The molecule has 1 amide bonds. The minimum absolute atomic E-state index is 0.0755. The number of hydrogen-bond acceptors (Lipinski definition) is 3. The van der Waals surface area contributed by atoms with Crippen molar-refractivity contribution >= 4 is 23.2 Å². The van der Waals surface area contributed by atoms with Crippen LogP contribution in [0, 0.1) is 0 Å². The second-order valence-corrected chi connectivity index (χ2v) is 4.95. The van der Waals surface area contributed by atoms with Crippen LogP contribution in [-0.4, -0.2) is 17.6 Å². The van der Waals surface area contributed by atoms with E-state index in [0.29, 0.717) is 29.2 Å². The lowest BCUT2D eigenvalue weighted by Gasteiger charge is -2.10. The van der Waals surface area contributed by atoms with E-state index in [1.54, 1.807) is 30.3 Å². The second-order valence-electron chi connectivity index (χ2n) is 4.54. The number of phenols is 1. The Bertz CT molecular complexity index is 644. The first-order chi connectivity index (χ1) is 10.1. The first kappa shape index (κ1) is 15.2. The van der Waals surface area contributed by atoms with Crippen molar-refractivity contribution < 1.29 is 9.90 Å². The minimum Gasteiger partial charge on any atom is -0.506 e. The SMILES string of the molecule is CCNC(=O)c1cccc(NCc2cccc(Cl)c2O)c1. The maximum absolute atomic E-state index is 11.8. The van der Waals surface area contributed by atoms with Crippen LogP contribution >= 0.6 is 11.6 Å². The zero-order valence-electron chi connectivity index (χ0n) is 11.7. The highest BCUT2D eigenvalue weighted by molar-refractivity contribution is 6.32. The van der Waals surface area contributed by atoms with E-state index in [4.69, 9.17) is 11.6 Å². The molecule has 0 aliphatic rings. The van der Waals surface area contributed by atoms with Crippen molar-refractivity contribution in [2.24, 2.45) is 0 Å². The normalized spacial score (nSPS) is 10.2. The molecule has 21 heavy (non-hydrogen) atoms. The van der Waals surface area contributed by atoms with Crippen LogP contribution in [0.15, 0.2) is 42.5 Å². The van der Waals surface area contributed by atoms with Gasteiger partial charge in [0.25, 0.3) is 5.91 Å². The van der Waals surface area contributed by atoms with Gasteiger partial charge in [-0.3, -0.25) is 4.79 Å². The van der Waals surface area contributed by atoms with Crippen molar-refractivity contribution in [2.45, 2.75) is 13.5 Å². The summed E-state index contributed by atoms with van der Waals surface area (Å²) in [6, 6.07) is 12.4. The fourth-order valence-electron chi connectivity index (χ4n) is 1.93. The number of anilines is 1. The zero-order chi connectivity index (χ0) is 15.2. The van der Waals surface area contributed by atoms with E-state index < -0.39 is 0 Å². The van der Waals surface area contributed by atoms with Crippen LogP contribution in [0.5, 0.6) is 5.75 Å². The molecular weight excluding hydrogens is 288 g/mol. The molecule has 0 unspecified atom stereocenters. The number of carbonyl (C=O) groups is 1. The summed E-state index contributed by atoms with van der Waals surface area (Å²) in [5, 5.41) is 16.1. The van der Waals surface area contributed by atoms with Gasteiger partial charge in [0.05, 0.1) is 5.02 Å². The minimum atomic E-state index is -0.105. The van der Waals surface area contributed by atoms with Crippen molar-refractivity contribution in [3.63, 3.8) is 0 Å². The van der Waals surface area contributed by atoms with Gasteiger partial charge in [-0.25, -0.2) is 0 Å². The van der Waals surface area contributed by atoms with E-state index in [0.717, 1.165) is 5.69 Å². The quantitative estimate of drug-likeness (QED) is 0.793. The lowest BCUT2D eigenvalue weighted by molar-refractivity contribution is 0.0956. The summed E-state index contributed by atoms with van der Waals surface area (Å²) in [6.07, 6.45) is 0. The Kier molecular flexibility index (Phi) is 5.06. The summed E-state index contributed by atoms with van der Waals surface area (Å²) in [6.45, 7) is 2.89. The molecule has 0 bridgehead atoms. The number of para-hydroxylation sites is 1. The fraction of sp³-hybridized carbons (Fsp3) is 0.188. The number of halogens is 1. The topological polar surface area (TPSA) is 61.4 Å². The third kappa shape index (κ3) is 3.89. The molecule has 0 aliphatic heterocycles. The molecule has 0 aromatic heterocycles. The van der Waals surface area contributed by atoms with Gasteiger partial charge in [0.2, 0.25) is 0 Å². The second kappa shape index (κ2) is 6.99. The molecular formula is C16H17ClN2O2. The molecule has 2 aromatic carbocycles. The maximum atomic E-state index is 11.8. The summed E-state index contributed by atoms with van der Waals surface area (Å²) in [5.41, 5.74) is 2.10. The van der Waals surface area contributed by atoms with Gasteiger partial charge >= 0.3 is 0 Å². The smallest absolute Gasteiger partial charge is 0.251 e. The van der Waals surface area contributed by atoms with Gasteiger partial charge in [-0.15, -0.1) is 0 Å². The van der Waals surface area contributed by atoms with Crippen LogP contribution in [0.25, 0.3) is 0 Å². The van der Waals surface area contributed by atoms with Gasteiger partial charge in [-0.2, -0.15) is 0 Å². The highest BCUT2D eigenvalue weighted by Crippen LogP contribution is 2.27. The Labute approximate surface area is 128 Å². The average Bonchev–Trinajstić information content (AvgIpc) is 2.49. The summed E-state index contributed by atoms with van der Waals surface area (Å²) >= 11 is 5.87. The van der Waals surface area contributed by atoms with Gasteiger partial charge in [0.1, 0.15) is 5.75 Å². The number of hydrogen-bond donors (Lipinski definition) is 3. The molecule has 3 N–H and O–H groups in total. The maximum Gasteiger partial charge on any atom is 0.251 e. The molecule has 0 aliphatic carbocycles. The molecule has 0 saturated carbocycles. The van der Waals surface area contributed by atoms with Crippen molar-refractivity contribution in [1.29, 1.82) is 0 Å². The van der Waals surface area contributed by atoms with Crippen molar-refractivity contribution in [2.75, 3.05) is 11.9 Å².